The quantitative estimate of drug-likeness (QED) is 0.450. The van der Waals surface area contributed by atoms with Gasteiger partial charge in [-0.3, -0.25) is 0 Å². The fourth-order valence-electron chi connectivity index (χ4n) is 0.609. The molecule has 8 heteroatoms. The van der Waals surface area contributed by atoms with E-state index in [1.807, 2.05) is 0 Å². The van der Waals surface area contributed by atoms with Gasteiger partial charge in [0, 0.05) is 4.91 Å². The van der Waals surface area contributed by atoms with Gasteiger partial charge in [-0.25, -0.2) is 9.78 Å². The molecule has 1 aromatic rings. The maximum Gasteiger partial charge on any atom is 0.411 e. The Morgan fingerprint density at radius 2 is 2.69 bits per heavy atom. The van der Waals surface area contributed by atoms with Crippen molar-refractivity contribution >= 4 is 17.4 Å². The Bertz CT molecular complexity index is 337. The molecule has 0 aliphatic heterocycles. The van der Waals surface area contributed by atoms with E-state index in [2.05, 4.69) is 19.7 Å². The van der Waals surface area contributed by atoms with Crippen LogP contribution in [0.5, 0.6) is 5.88 Å². The molecule has 1 rings (SSSR count). The molecule has 0 fully saturated rings. The number of nitrogens with zero attached hydrogens (tertiary/aromatic N) is 4. The summed E-state index contributed by atoms with van der Waals surface area (Å²) in [5, 5.41) is 5.36. The van der Waals surface area contributed by atoms with E-state index < -0.39 is 6.09 Å². The van der Waals surface area contributed by atoms with E-state index in [0.29, 0.717) is 5.01 Å². The van der Waals surface area contributed by atoms with Crippen LogP contribution >= 0.6 is 11.3 Å². The number of rotatable bonds is 3. The molecule has 7 nitrogen and oxygen atoms in total. The highest BCUT2D eigenvalue weighted by atomic mass is 32.1. The van der Waals surface area contributed by atoms with Crippen LogP contribution in [-0.4, -0.2) is 11.1 Å². The Balaban J connectivity index is 2.63. The average molecular weight is 199 g/mol. The third-order valence-corrected chi connectivity index (χ3v) is 1.82. The molecule has 68 valence electrons. The summed E-state index contributed by atoms with van der Waals surface area (Å²) >= 11 is 1.22. The summed E-state index contributed by atoms with van der Waals surface area (Å²) in [6.45, 7) is 0.142. The zero-order valence-electron chi connectivity index (χ0n) is 6.38. The number of hydrogen-bond donors (Lipinski definition) is 1. The molecule has 0 bridgehead atoms. The number of carbonyl (C=O) groups is 1. The van der Waals surface area contributed by atoms with Crippen LogP contribution in [0.4, 0.5) is 4.79 Å². The molecule has 0 aliphatic carbocycles. The van der Waals surface area contributed by atoms with Crippen molar-refractivity contribution in [1.82, 2.24) is 4.98 Å². The summed E-state index contributed by atoms with van der Waals surface area (Å²) in [5.41, 5.74) is 12.8. The first-order valence-corrected chi connectivity index (χ1v) is 4.03. The van der Waals surface area contributed by atoms with Gasteiger partial charge in [0.2, 0.25) is 5.88 Å². The Morgan fingerprint density at radius 1 is 1.92 bits per heavy atom. The Labute approximate surface area is 76.8 Å². The highest BCUT2D eigenvalue weighted by Crippen LogP contribution is 2.16. The second-order valence-electron chi connectivity index (χ2n) is 1.89. The number of carbonyl (C=O) groups excluding carboxylic acids is 1. The fourth-order valence-corrected chi connectivity index (χ4v) is 1.22. The van der Waals surface area contributed by atoms with E-state index >= 15 is 0 Å². The van der Waals surface area contributed by atoms with E-state index in [9.17, 15) is 4.79 Å². The minimum absolute atomic E-state index is 0.126. The van der Waals surface area contributed by atoms with Gasteiger partial charge in [0.1, 0.15) is 5.01 Å². The summed E-state index contributed by atoms with van der Waals surface area (Å²) in [5.74, 6) is 0.126. The van der Waals surface area contributed by atoms with Crippen LogP contribution in [0.25, 0.3) is 10.4 Å². The van der Waals surface area contributed by atoms with Gasteiger partial charge in [-0.05, 0) is 5.53 Å². The smallest absolute Gasteiger partial charge is 0.390 e. The number of thiazole rings is 1. The molecule has 0 spiro atoms. The maximum atomic E-state index is 10.3. The number of azide groups is 1. The number of ether oxygens (including phenoxy) is 1. The first-order valence-electron chi connectivity index (χ1n) is 3.15. The minimum atomic E-state index is -0.916. The van der Waals surface area contributed by atoms with Gasteiger partial charge in [0.05, 0.1) is 11.9 Å². The zero-order chi connectivity index (χ0) is 9.68. The first-order chi connectivity index (χ1) is 6.22. The molecule has 13 heavy (non-hydrogen) atoms. The minimum Gasteiger partial charge on any atom is -0.390 e. The third-order valence-electron chi connectivity index (χ3n) is 1.01. The molecule has 0 aliphatic rings. The lowest BCUT2D eigenvalue weighted by molar-refractivity contribution is 0.209. The number of aromatic nitrogens is 1. The molecule has 1 heterocycles. The maximum absolute atomic E-state index is 10.3. The lowest BCUT2D eigenvalue weighted by Gasteiger charge is -1.91. The van der Waals surface area contributed by atoms with Gasteiger partial charge >= 0.3 is 6.09 Å². The van der Waals surface area contributed by atoms with Gasteiger partial charge in [0.25, 0.3) is 0 Å². The second-order valence-corrected chi connectivity index (χ2v) is 2.83. The van der Waals surface area contributed by atoms with Crippen molar-refractivity contribution in [3.63, 3.8) is 0 Å². The Morgan fingerprint density at radius 3 is 3.31 bits per heavy atom. The van der Waals surface area contributed by atoms with Crippen LogP contribution < -0.4 is 10.5 Å². The van der Waals surface area contributed by atoms with Crippen LogP contribution in [0.1, 0.15) is 5.01 Å². The summed E-state index contributed by atoms with van der Waals surface area (Å²) < 4.78 is 4.48. The number of primary amides is 1. The largest absolute Gasteiger partial charge is 0.411 e. The molecule has 0 aromatic carbocycles. The molecule has 0 saturated carbocycles. The van der Waals surface area contributed by atoms with Gasteiger partial charge in [-0.2, -0.15) is 0 Å². The fraction of sp³-hybridized carbons (Fsp3) is 0.200. The summed E-state index contributed by atoms with van der Waals surface area (Å²) in [4.78, 5) is 16.7. The second kappa shape index (κ2) is 4.29. The van der Waals surface area contributed by atoms with Crippen molar-refractivity contribution in [2.24, 2.45) is 10.8 Å². The van der Waals surface area contributed by atoms with Crippen LogP contribution in [0.3, 0.4) is 0 Å². The van der Waals surface area contributed by atoms with E-state index in [4.69, 9.17) is 11.3 Å². The average Bonchev–Trinajstić information content (AvgIpc) is 2.48. The molecule has 0 radical (unpaired) electrons. The highest BCUT2D eigenvalue weighted by Gasteiger charge is 2.03. The lowest BCUT2D eigenvalue weighted by Crippen LogP contribution is -2.16. The molecule has 0 unspecified atom stereocenters. The monoisotopic (exact) mass is 199 g/mol. The predicted octanol–water partition coefficient (Wildman–Crippen LogP) is 1.41. The third kappa shape index (κ3) is 2.97. The predicted molar refractivity (Wildman–Crippen MR) is 45.2 cm³/mol. The number of hydrogen-bond acceptors (Lipinski definition) is 5. The Kier molecular flexibility index (Phi) is 3.07. The van der Waals surface area contributed by atoms with Crippen molar-refractivity contribution in [1.29, 1.82) is 0 Å². The normalized spacial score (nSPS) is 8.92. The summed E-state index contributed by atoms with van der Waals surface area (Å²) in [7, 11) is 0. The zero-order valence-corrected chi connectivity index (χ0v) is 7.19. The van der Waals surface area contributed by atoms with Crippen molar-refractivity contribution in [3.8, 4) is 5.88 Å². The topological polar surface area (TPSA) is 114 Å². The number of nitrogens with two attached hydrogens (primary N) is 1. The summed E-state index contributed by atoms with van der Waals surface area (Å²) in [6.07, 6.45) is -0.916. The van der Waals surface area contributed by atoms with Gasteiger partial charge < -0.3 is 10.5 Å². The standard InChI is InChI=1S/C5H5N5O2S/c6-5(11)12-3-2-13-4(9-3)1-8-10-7/h2H,1H2,(H2,6,11). The van der Waals surface area contributed by atoms with E-state index in [1.54, 1.807) is 0 Å². The molecule has 2 N–H and O–H groups in total. The van der Waals surface area contributed by atoms with Crippen molar-refractivity contribution in [2.75, 3.05) is 0 Å². The van der Waals surface area contributed by atoms with Crippen LogP contribution in [-0.2, 0) is 6.54 Å². The first kappa shape index (κ1) is 9.30. The highest BCUT2D eigenvalue weighted by molar-refractivity contribution is 7.09. The summed E-state index contributed by atoms with van der Waals surface area (Å²) in [6, 6.07) is 0. The van der Waals surface area contributed by atoms with Crippen molar-refractivity contribution in [3.05, 3.63) is 20.8 Å². The van der Waals surface area contributed by atoms with E-state index in [-0.39, 0.29) is 12.4 Å². The molecule has 0 atom stereocenters. The van der Waals surface area contributed by atoms with Gasteiger partial charge in [0.15, 0.2) is 0 Å². The van der Waals surface area contributed by atoms with E-state index in [0.717, 1.165) is 0 Å². The van der Waals surface area contributed by atoms with Crippen LogP contribution in [0.15, 0.2) is 10.5 Å². The Hall–Kier alpha value is -1.79. The molecular formula is C5H5N5O2S. The lowest BCUT2D eigenvalue weighted by atomic mass is 10.7. The van der Waals surface area contributed by atoms with Crippen molar-refractivity contribution < 1.29 is 9.53 Å². The van der Waals surface area contributed by atoms with Crippen molar-refractivity contribution in [2.45, 2.75) is 6.54 Å². The SMILES string of the molecule is [N-]=[N+]=NCc1nc(OC(N)=O)cs1. The molecular weight excluding hydrogens is 194 g/mol. The van der Waals surface area contributed by atoms with Gasteiger partial charge in [-0.15, -0.1) is 11.3 Å². The molecule has 1 amide bonds. The van der Waals surface area contributed by atoms with Crippen LogP contribution in [0, 0.1) is 0 Å². The molecule has 0 saturated heterocycles. The molecule has 1 aromatic heterocycles. The van der Waals surface area contributed by atoms with Crippen LogP contribution in [0.2, 0.25) is 0 Å². The van der Waals surface area contributed by atoms with Gasteiger partial charge in [-0.1, -0.05) is 5.11 Å². The number of amides is 1. The van der Waals surface area contributed by atoms with E-state index in [1.165, 1.54) is 16.7 Å².